The van der Waals surface area contributed by atoms with Gasteiger partial charge in [-0.1, -0.05) is 37.3 Å². The molecular weight excluding hydrogens is 359 g/mol. The minimum Gasteiger partial charge on any atom is -0.406 e. The van der Waals surface area contributed by atoms with Crippen LogP contribution in [0.3, 0.4) is 0 Å². The lowest BCUT2D eigenvalue weighted by Crippen LogP contribution is -2.20. The highest BCUT2D eigenvalue weighted by Gasteiger charge is 2.40. The number of rotatable bonds is 4. The number of anilines is 1. The molecule has 0 saturated carbocycles. The summed E-state index contributed by atoms with van der Waals surface area (Å²) in [4.78, 5) is 12.0. The molecule has 1 aromatic heterocycles. The molecule has 0 fully saturated rings. The highest BCUT2D eigenvalue weighted by molar-refractivity contribution is 5.86. The lowest BCUT2D eigenvalue weighted by molar-refractivity contribution is -0.143. The van der Waals surface area contributed by atoms with Crippen LogP contribution in [-0.2, 0) is 12.6 Å². The van der Waals surface area contributed by atoms with Crippen LogP contribution in [0.25, 0.3) is 5.69 Å². The highest BCUT2D eigenvalue weighted by Crippen LogP contribution is 2.37. The normalized spacial score (nSPS) is 11.3. The average molecular weight is 375 g/mol. The first-order valence-electron chi connectivity index (χ1n) is 8.17. The Kier molecular flexibility index (Phi) is 5.16. The van der Waals surface area contributed by atoms with Crippen LogP contribution in [0.5, 0.6) is 5.75 Å². The first-order valence-corrected chi connectivity index (χ1v) is 8.17. The molecule has 2 aromatic carbocycles. The number of nitrogens with zero attached hydrogens (tertiary/aromatic N) is 2. The molecule has 140 valence electrons. The summed E-state index contributed by atoms with van der Waals surface area (Å²) in [5.74, 6) is -0.672. The number of nitrogens with one attached hydrogen (secondary N) is 1. The summed E-state index contributed by atoms with van der Waals surface area (Å²) in [6.45, 7) is 1.99. The van der Waals surface area contributed by atoms with E-state index in [2.05, 4.69) is 10.4 Å². The zero-order chi connectivity index (χ0) is 19.4. The fourth-order valence-electron chi connectivity index (χ4n) is 2.50. The zero-order valence-electron chi connectivity index (χ0n) is 14.3. The Morgan fingerprint density at radius 3 is 2.37 bits per heavy atom. The van der Waals surface area contributed by atoms with Crippen molar-refractivity contribution in [3.05, 3.63) is 72.1 Å². The molecule has 0 aliphatic heterocycles. The van der Waals surface area contributed by atoms with E-state index in [9.17, 15) is 18.0 Å². The van der Waals surface area contributed by atoms with Gasteiger partial charge in [-0.05, 0) is 36.2 Å². The van der Waals surface area contributed by atoms with Gasteiger partial charge in [0.15, 0.2) is 11.4 Å². The third-order valence-electron chi connectivity index (χ3n) is 3.82. The van der Waals surface area contributed by atoms with E-state index in [0.29, 0.717) is 10.4 Å². The van der Waals surface area contributed by atoms with Gasteiger partial charge in [0.1, 0.15) is 0 Å². The van der Waals surface area contributed by atoms with Crippen LogP contribution in [0.2, 0.25) is 0 Å². The van der Waals surface area contributed by atoms with Crippen molar-refractivity contribution >= 4 is 11.8 Å². The van der Waals surface area contributed by atoms with Crippen LogP contribution >= 0.6 is 0 Å². The van der Waals surface area contributed by atoms with Crippen LogP contribution in [0.1, 0.15) is 18.2 Å². The number of aryl methyl sites for hydroxylation is 1. The highest BCUT2D eigenvalue weighted by atomic mass is 19.4. The van der Waals surface area contributed by atoms with Crippen molar-refractivity contribution in [1.82, 2.24) is 9.78 Å². The summed E-state index contributed by atoms with van der Waals surface area (Å²) in [5, 5.41) is 6.13. The van der Waals surface area contributed by atoms with E-state index in [4.69, 9.17) is 4.74 Å². The molecule has 0 atom stereocenters. The summed E-state index contributed by atoms with van der Waals surface area (Å²) in [5.41, 5.74) is 0.527. The van der Waals surface area contributed by atoms with Crippen molar-refractivity contribution in [1.29, 1.82) is 0 Å². The van der Waals surface area contributed by atoms with E-state index in [1.165, 1.54) is 12.1 Å². The van der Waals surface area contributed by atoms with Gasteiger partial charge in [0.05, 0.1) is 11.9 Å². The number of benzene rings is 2. The topological polar surface area (TPSA) is 56.1 Å². The Morgan fingerprint density at radius 2 is 1.78 bits per heavy atom. The monoisotopic (exact) mass is 375 g/mol. The molecule has 1 amide bonds. The van der Waals surface area contributed by atoms with Gasteiger partial charge in [-0.2, -0.15) is 18.3 Å². The van der Waals surface area contributed by atoms with Gasteiger partial charge in [-0.15, -0.1) is 0 Å². The Bertz CT molecular complexity index is 920. The average Bonchev–Trinajstić information content (AvgIpc) is 3.07. The molecular formula is C19H16F3N3O2. The Hall–Kier alpha value is -3.29. The quantitative estimate of drug-likeness (QED) is 0.693. The summed E-state index contributed by atoms with van der Waals surface area (Å²) in [6, 6.07) is 14.7. The second-order valence-electron chi connectivity index (χ2n) is 5.67. The number of halogens is 3. The number of carbonyl (C=O) groups is 1. The van der Waals surface area contributed by atoms with Crippen LogP contribution < -0.4 is 10.1 Å². The molecule has 27 heavy (non-hydrogen) atoms. The SMILES string of the molecule is CCc1ccc(NC(=O)Oc2cnn(-c3ccccc3)c2C(F)(F)F)cc1. The first-order chi connectivity index (χ1) is 12.9. The Balaban J connectivity index is 1.83. The molecule has 0 aliphatic carbocycles. The van der Waals surface area contributed by atoms with Crippen molar-refractivity contribution in [2.24, 2.45) is 0 Å². The zero-order valence-corrected chi connectivity index (χ0v) is 14.3. The number of alkyl halides is 3. The maximum Gasteiger partial charge on any atom is 0.437 e. The molecule has 8 heteroatoms. The molecule has 0 unspecified atom stereocenters. The van der Waals surface area contributed by atoms with Crippen molar-refractivity contribution < 1.29 is 22.7 Å². The summed E-state index contributed by atoms with van der Waals surface area (Å²) in [7, 11) is 0. The number of ether oxygens (including phenoxy) is 1. The fraction of sp³-hybridized carbons (Fsp3) is 0.158. The van der Waals surface area contributed by atoms with Crippen LogP contribution in [0.4, 0.5) is 23.7 Å². The molecule has 0 spiro atoms. The number of hydrogen-bond donors (Lipinski definition) is 1. The van der Waals surface area contributed by atoms with Gasteiger partial charge in [0, 0.05) is 5.69 Å². The van der Waals surface area contributed by atoms with Gasteiger partial charge in [-0.3, -0.25) is 5.32 Å². The molecule has 0 bridgehead atoms. The number of hydrogen-bond acceptors (Lipinski definition) is 3. The minimum atomic E-state index is -4.76. The van der Waals surface area contributed by atoms with Crippen molar-refractivity contribution in [2.45, 2.75) is 19.5 Å². The third-order valence-corrected chi connectivity index (χ3v) is 3.82. The van der Waals surface area contributed by atoms with E-state index in [0.717, 1.165) is 18.2 Å². The minimum absolute atomic E-state index is 0.204. The van der Waals surface area contributed by atoms with Gasteiger partial charge in [0.25, 0.3) is 0 Å². The molecule has 1 N–H and O–H groups in total. The summed E-state index contributed by atoms with van der Waals surface area (Å²) in [6.07, 6.45) is -4.09. The Labute approximate surface area is 153 Å². The van der Waals surface area contributed by atoms with Crippen molar-refractivity contribution in [3.63, 3.8) is 0 Å². The fourth-order valence-corrected chi connectivity index (χ4v) is 2.50. The standard InChI is InChI=1S/C19H16F3N3O2/c1-2-13-8-10-14(11-9-13)24-18(26)27-16-12-23-25(17(16)19(20,21)22)15-6-4-3-5-7-15/h3-12H,2H2,1H3,(H,24,26). The number of para-hydroxylation sites is 1. The second kappa shape index (κ2) is 7.53. The predicted molar refractivity (Wildman–Crippen MR) is 94.0 cm³/mol. The van der Waals surface area contributed by atoms with Crippen LogP contribution in [0.15, 0.2) is 60.8 Å². The van der Waals surface area contributed by atoms with E-state index in [1.807, 2.05) is 19.1 Å². The molecule has 5 nitrogen and oxygen atoms in total. The molecule has 0 saturated heterocycles. The van der Waals surface area contributed by atoms with Crippen LogP contribution in [0, 0.1) is 0 Å². The first kappa shape index (κ1) is 18.5. The van der Waals surface area contributed by atoms with Gasteiger partial charge in [-0.25, -0.2) is 9.48 Å². The number of carbonyl (C=O) groups excluding carboxylic acids is 1. The van der Waals surface area contributed by atoms with Crippen LogP contribution in [-0.4, -0.2) is 15.9 Å². The van der Waals surface area contributed by atoms with Gasteiger partial charge < -0.3 is 4.74 Å². The largest absolute Gasteiger partial charge is 0.437 e. The third kappa shape index (κ3) is 4.28. The van der Waals surface area contributed by atoms with Gasteiger partial charge in [0.2, 0.25) is 0 Å². The van der Waals surface area contributed by atoms with E-state index in [1.54, 1.807) is 30.3 Å². The van der Waals surface area contributed by atoms with Crippen molar-refractivity contribution in [3.8, 4) is 11.4 Å². The molecule has 3 aromatic rings. The lowest BCUT2D eigenvalue weighted by atomic mass is 10.1. The van der Waals surface area contributed by atoms with E-state index in [-0.39, 0.29) is 5.69 Å². The molecule has 0 radical (unpaired) electrons. The van der Waals surface area contributed by atoms with Gasteiger partial charge >= 0.3 is 12.3 Å². The smallest absolute Gasteiger partial charge is 0.406 e. The number of amides is 1. The van der Waals surface area contributed by atoms with Crippen molar-refractivity contribution in [2.75, 3.05) is 5.32 Å². The van der Waals surface area contributed by atoms with E-state index < -0.39 is 23.7 Å². The molecule has 1 heterocycles. The molecule has 0 aliphatic rings. The summed E-state index contributed by atoms with van der Waals surface area (Å²) < 4.78 is 46.1. The lowest BCUT2D eigenvalue weighted by Gasteiger charge is -2.13. The maximum absolute atomic E-state index is 13.5. The Morgan fingerprint density at radius 1 is 1.11 bits per heavy atom. The summed E-state index contributed by atoms with van der Waals surface area (Å²) >= 11 is 0. The molecule has 3 rings (SSSR count). The second-order valence-corrected chi connectivity index (χ2v) is 5.67. The maximum atomic E-state index is 13.5. The van der Waals surface area contributed by atoms with E-state index >= 15 is 0 Å². The predicted octanol–water partition coefficient (Wildman–Crippen LogP) is 5.06. The number of aromatic nitrogens is 2.